The maximum absolute atomic E-state index is 9.62. The van der Waals surface area contributed by atoms with Crippen LogP contribution >= 0.6 is 23.2 Å². The number of hydrogen-bond donors (Lipinski definition) is 1. The van der Waals surface area contributed by atoms with Crippen molar-refractivity contribution in [2.24, 2.45) is 0 Å². The number of para-hydroxylation sites is 1. The van der Waals surface area contributed by atoms with Gasteiger partial charge in [0.2, 0.25) is 0 Å². The Hall–Kier alpha value is -1.07. The van der Waals surface area contributed by atoms with Gasteiger partial charge in [0.1, 0.15) is 5.15 Å². The number of aryl methyl sites for hydroxylation is 1. The van der Waals surface area contributed by atoms with Gasteiger partial charge in [-0.25, -0.2) is 4.68 Å². The predicted molar refractivity (Wildman–Crippen MR) is 84.2 cm³/mol. The number of hydrogen-bond acceptors (Lipinski definition) is 3. The van der Waals surface area contributed by atoms with E-state index in [1.165, 1.54) is 0 Å². The number of halogens is 2. The highest BCUT2D eigenvalue weighted by molar-refractivity contribution is 6.33. The van der Waals surface area contributed by atoms with E-state index in [1.54, 1.807) is 4.68 Å². The highest BCUT2D eigenvalue weighted by Gasteiger charge is 2.24. The van der Waals surface area contributed by atoms with Crippen molar-refractivity contribution in [3.05, 3.63) is 45.7 Å². The van der Waals surface area contributed by atoms with Gasteiger partial charge in [-0.3, -0.25) is 4.90 Å². The third kappa shape index (κ3) is 2.94. The van der Waals surface area contributed by atoms with Gasteiger partial charge in [-0.05, 0) is 25.5 Å². The number of aliphatic hydroxyl groups is 1. The number of rotatable bonds is 3. The molecule has 3 rings (SSSR count). The predicted octanol–water partition coefficient (Wildman–Crippen LogP) is 3.05. The summed E-state index contributed by atoms with van der Waals surface area (Å²) in [5, 5.41) is 15.3. The summed E-state index contributed by atoms with van der Waals surface area (Å²) < 4.78 is 1.68. The molecule has 1 fully saturated rings. The van der Waals surface area contributed by atoms with Crippen molar-refractivity contribution in [1.29, 1.82) is 0 Å². The Labute approximate surface area is 133 Å². The summed E-state index contributed by atoms with van der Waals surface area (Å²) in [6.45, 7) is 4.22. The Balaban J connectivity index is 1.92. The van der Waals surface area contributed by atoms with E-state index in [4.69, 9.17) is 23.2 Å². The van der Waals surface area contributed by atoms with Gasteiger partial charge in [-0.1, -0.05) is 35.3 Å². The smallest absolute Gasteiger partial charge is 0.137 e. The summed E-state index contributed by atoms with van der Waals surface area (Å²) in [6.07, 6.45) is 0.581. The lowest BCUT2D eigenvalue weighted by atomic mass is 10.2. The third-order valence-electron chi connectivity index (χ3n) is 3.83. The van der Waals surface area contributed by atoms with E-state index in [2.05, 4.69) is 10.00 Å². The molecule has 1 saturated heterocycles. The second kappa shape index (κ2) is 5.97. The fraction of sp³-hybridized carbons (Fsp3) is 0.400. The fourth-order valence-electron chi connectivity index (χ4n) is 2.67. The third-order valence-corrected chi connectivity index (χ3v) is 4.54. The lowest BCUT2D eigenvalue weighted by Gasteiger charge is -2.14. The molecular weight excluding hydrogens is 309 g/mol. The average Bonchev–Trinajstić information content (AvgIpc) is 2.98. The Morgan fingerprint density at radius 3 is 2.76 bits per heavy atom. The molecule has 0 radical (unpaired) electrons. The lowest BCUT2D eigenvalue weighted by molar-refractivity contribution is 0.174. The van der Waals surface area contributed by atoms with Crippen LogP contribution in [0, 0.1) is 6.92 Å². The molecule has 1 aromatic carbocycles. The highest BCUT2D eigenvalue weighted by atomic mass is 35.5. The van der Waals surface area contributed by atoms with E-state index in [9.17, 15) is 5.11 Å². The van der Waals surface area contributed by atoms with Crippen LogP contribution in [0.3, 0.4) is 0 Å². The molecule has 1 aliphatic rings. The minimum absolute atomic E-state index is 0.234. The van der Waals surface area contributed by atoms with Crippen LogP contribution in [0.4, 0.5) is 0 Å². The Kier molecular flexibility index (Phi) is 4.22. The fourth-order valence-corrected chi connectivity index (χ4v) is 3.21. The van der Waals surface area contributed by atoms with Crippen molar-refractivity contribution < 1.29 is 5.11 Å². The van der Waals surface area contributed by atoms with E-state index in [-0.39, 0.29) is 6.10 Å². The number of β-amino-alcohol motifs (C(OH)–C–C–N with tert-alkyl or cyclic N) is 1. The molecule has 4 nitrogen and oxygen atoms in total. The Morgan fingerprint density at radius 1 is 1.33 bits per heavy atom. The van der Waals surface area contributed by atoms with Crippen molar-refractivity contribution in [2.45, 2.75) is 26.0 Å². The normalized spacial score (nSPS) is 19.3. The SMILES string of the molecule is Cc1nn(-c2ccccc2Cl)c(Cl)c1CN1CC[C@@H](O)C1. The molecule has 1 atom stereocenters. The molecule has 0 saturated carbocycles. The number of benzene rings is 1. The summed E-state index contributed by atoms with van der Waals surface area (Å²) in [7, 11) is 0. The van der Waals surface area contributed by atoms with Gasteiger partial charge in [-0.2, -0.15) is 5.10 Å². The first-order valence-corrected chi connectivity index (χ1v) is 7.71. The molecule has 1 aliphatic heterocycles. The topological polar surface area (TPSA) is 41.3 Å². The molecule has 6 heteroatoms. The van der Waals surface area contributed by atoms with Crippen LogP contribution < -0.4 is 0 Å². The zero-order valence-corrected chi connectivity index (χ0v) is 13.3. The molecule has 0 aliphatic carbocycles. The monoisotopic (exact) mass is 325 g/mol. The zero-order valence-electron chi connectivity index (χ0n) is 11.8. The van der Waals surface area contributed by atoms with Gasteiger partial charge in [0.25, 0.3) is 0 Å². The standard InChI is InChI=1S/C15H17Cl2N3O/c1-10-12(9-19-7-6-11(21)8-19)15(17)20(18-10)14-5-3-2-4-13(14)16/h2-5,11,21H,6-9H2,1H3/t11-/m1/s1. The summed E-state index contributed by atoms with van der Waals surface area (Å²) >= 11 is 12.7. The number of likely N-dealkylation sites (tertiary alicyclic amines) is 1. The van der Waals surface area contributed by atoms with Gasteiger partial charge in [-0.15, -0.1) is 0 Å². The Bertz CT molecular complexity index is 656. The minimum Gasteiger partial charge on any atom is -0.392 e. The average molecular weight is 326 g/mol. The van der Waals surface area contributed by atoms with Crippen LogP contribution in [0.2, 0.25) is 10.2 Å². The second-order valence-electron chi connectivity index (χ2n) is 5.40. The molecule has 1 N–H and O–H groups in total. The van der Waals surface area contributed by atoms with Crippen LogP contribution in [-0.4, -0.2) is 39.0 Å². The van der Waals surface area contributed by atoms with E-state index in [0.29, 0.717) is 23.3 Å². The number of aromatic nitrogens is 2. The van der Waals surface area contributed by atoms with Crippen LogP contribution in [0.1, 0.15) is 17.7 Å². The zero-order chi connectivity index (χ0) is 15.0. The molecular formula is C15H17Cl2N3O. The summed E-state index contributed by atoms with van der Waals surface area (Å²) in [5.74, 6) is 0. The molecule has 0 amide bonds. The summed E-state index contributed by atoms with van der Waals surface area (Å²) in [4.78, 5) is 2.19. The van der Waals surface area contributed by atoms with E-state index < -0.39 is 0 Å². The van der Waals surface area contributed by atoms with E-state index >= 15 is 0 Å². The van der Waals surface area contributed by atoms with Crippen molar-refractivity contribution in [3.63, 3.8) is 0 Å². The van der Waals surface area contributed by atoms with Gasteiger partial charge in [0.05, 0.1) is 22.5 Å². The lowest BCUT2D eigenvalue weighted by Crippen LogP contribution is -2.21. The maximum atomic E-state index is 9.62. The van der Waals surface area contributed by atoms with Gasteiger partial charge >= 0.3 is 0 Å². The Morgan fingerprint density at radius 2 is 2.10 bits per heavy atom. The largest absolute Gasteiger partial charge is 0.392 e. The molecule has 2 heterocycles. The van der Waals surface area contributed by atoms with Crippen LogP contribution in [-0.2, 0) is 6.54 Å². The molecule has 0 spiro atoms. The van der Waals surface area contributed by atoms with E-state index in [0.717, 1.165) is 29.9 Å². The van der Waals surface area contributed by atoms with Crippen molar-refractivity contribution >= 4 is 23.2 Å². The first-order chi connectivity index (χ1) is 10.1. The summed E-state index contributed by atoms with van der Waals surface area (Å²) in [6, 6.07) is 7.50. The number of nitrogens with zero attached hydrogens (tertiary/aromatic N) is 3. The maximum Gasteiger partial charge on any atom is 0.137 e. The molecule has 1 aromatic heterocycles. The van der Waals surface area contributed by atoms with Gasteiger partial charge in [0, 0.05) is 25.2 Å². The molecule has 0 bridgehead atoms. The molecule has 0 unspecified atom stereocenters. The first-order valence-electron chi connectivity index (χ1n) is 6.95. The molecule has 21 heavy (non-hydrogen) atoms. The van der Waals surface area contributed by atoms with Gasteiger partial charge in [0.15, 0.2) is 0 Å². The molecule has 112 valence electrons. The van der Waals surface area contributed by atoms with E-state index in [1.807, 2.05) is 31.2 Å². The highest BCUT2D eigenvalue weighted by Crippen LogP contribution is 2.29. The summed E-state index contributed by atoms with van der Waals surface area (Å²) in [5.41, 5.74) is 2.66. The van der Waals surface area contributed by atoms with Crippen molar-refractivity contribution in [2.75, 3.05) is 13.1 Å². The van der Waals surface area contributed by atoms with Crippen LogP contribution in [0.5, 0.6) is 0 Å². The first kappa shape index (κ1) is 14.9. The van der Waals surface area contributed by atoms with Gasteiger partial charge < -0.3 is 5.11 Å². The van der Waals surface area contributed by atoms with Crippen molar-refractivity contribution in [1.82, 2.24) is 14.7 Å². The quantitative estimate of drug-likeness (QED) is 0.942. The minimum atomic E-state index is -0.234. The van der Waals surface area contributed by atoms with Crippen LogP contribution in [0.15, 0.2) is 24.3 Å². The van der Waals surface area contributed by atoms with Crippen LogP contribution in [0.25, 0.3) is 5.69 Å². The molecule has 2 aromatic rings. The second-order valence-corrected chi connectivity index (χ2v) is 6.16. The van der Waals surface area contributed by atoms with Crippen molar-refractivity contribution in [3.8, 4) is 5.69 Å². The number of aliphatic hydroxyl groups excluding tert-OH is 1.